The van der Waals surface area contributed by atoms with Crippen LogP contribution in [0.15, 0.2) is 84.9 Å². The van der Waals surface area contributed by atoms with E-state index in [4.69, 9.17) is 4.74 Å². The molecule has 0 aliphatic carbocycles. The Balaban J connectivity index is 1.65. The molecule has 4 rings (SSSR count). The summed E-state index contributed by atoms with van der Waals surface area (Å²) in [4.78, 5) is 1.60. The molecule has 0 fully saturated rings. The predicted octanol–water partition coefficient (Wildman–Crippen LogP) is 4.94. The molecule has 4 nitrogen and oxygen atoms in total. The van der Waals surface area contributed by atoms with Crippen LogP contribution in [0.3, 0.4) is 0 Å². The second kappa shape index (κ2) is 6.61. The molecule has 0 spiro atoms. The zero-order valence-electron chi connectivity index (χ0n) is 13.8. The predicted molar refractivity (Wildman–Crippen MR) is 98.4 cm³/mol. The van der Waals surface area contributed by atoms with E-state index in [1.165, 1.54) is 0 Å². The van der Waals surface area contributed by atoms with Gasteiger partial charge in [0.15, 0.2) is 0 Å². The summed E-state index contributed by atoms with van der Waals surface area (Å²) in [5.41, 5.74) is 3.79. The maximum Gasteiger partial charge on any atom is 0.127 e. The zero-order chi connectivity index (χ0) is 17.1. The van der Waals surface area contributed by atoms with E-state index in [0.29, 0.717) is 0 Å². The molecular weight excluding hydrogens is 310 g/mol. The third-order valence-corrected chi connectivity index (χ3v) is 3.87. The molecule has 122 valence electrons. The van der Waals surface area contributed by atoms with Gasteiger partial charge in [0, 0.05) is 18.2 Å². The summed E-state index contributed by atoms with van der Waals surface area (Å²) in [6.45, 7) is 0. The number of benzene rings is 3. The second-order valence-corrected chi connectivity index (χ2v) is 5.69. The summed E-state index contributed by atoms with van der Waals surface area (Å²) in [6.07, 6.45) is 0. The maximum atomic E-state index is 5.85. The van der Waals surface area contributed by atoms with Crippen molar-refractivity contribution in [3.05, 3.63) is 84.9 Å². The Kier molecular flexibility index (Phi) is 4.01. The normalized spacial score (nSPS) is 10.6. The van der Waals surface area contributed by atoms with Crippen molar-refractivity contribution >= 4 is 0 Å². The molecule has 0 saturated heterocycles. The molecule has 0 radical (unpaired) electrons. The first-order chi connectivity index (χ1) is 12.3. The number of hydrogen-bond donors (Lipinski definition) is 0. The molecule has 4 aromatic rings. The molecule has 0 saturated carbocycles. The Hall–Kier alpha value is -3.40. The summed E-state index contributed by atoms with van der Waals surface area (Å²) in [5.74, 6) is 1.61. The fraction of sp³-hybridized carbons (Fsp3) is 0.0476. The lowest BCUT2D eigenvalue weighted by Crippen LogP contribution is -1.92. The van der Waals surface area contributed by atoms with E-state index < -0.39 is 0 Å². The molecule has 0 atom stereocenters. The van der Waals surface area contributed by atoms with Crippen LogP contribution in [0, 0.1) is 0 Å². The van der Waals surface area contributed by atoms with Crippen molar-refractivity contribution in [1.29, 1.82) is 0 Å². The van der Waals surface area contributed by atoms with E-state index >= 15 is 0 Å². The quantitative estimate of drug-likeness (QED) is 0.533. The molecule has 3 aromatic carbocycles. The molecule has 1 aromatic heterocycles. The van der Waals surface area contributed by atoms with Crippen molar-refractivity contribution in [2.45, 2.75) is 0 Å². The number of ether oxygens (including phenoxy) is 1. The van der Waals surface area contributed by atoms with E-state index in [0.717, 1.165) is 34.0 Å². The first kappa shape index (κ1) is 15.1. The fourth-order valence-corrected chi connectivity index (χ4v) is 2.70. The smallest absolute Gasteiger partial charge is 0.127 e. The minimum Gasteiger partial charge on any atom is -0.457 e. The van der Waals surface area contributed by atoms with Crippen LogP contribution in [0.5, 0.6) is 11.5 Å². The molecular formula is C21H17N3O. The Morgan fingerprint density at radius 2 is 1.08 bits per heavy atom. The number of aryl methyl sites for hydroxylation is 1. The highest BCUT2D eigenvalue weighted by Crippen LogP contribution is 2.30. The van der Waals surface area contributed by atoms with E-state index in [2.05, 4.69) is 10.2 Å². The zero-order valence-corrected chi connectivity index (χ0v) is 13.8. The topological polar surface area (TPSA) is 39.9 Å². The molecule has 4 heteroatoms. The first-order valence-corrected chi connectivity index (χ1v) is 8.10. The monoisotopic (exact) mass is 327 g/mol. The Bertz CT molecular complexity index is 961. The number of rotatable bonds is 4. The molecule has 0 amide bonds. The highest BCUT2D eigenvalue weighted by Gasteiger charge is 2.13. The number of nitrogens with zero attached hydrogens (tertiary/aromatic N) is 3. The molecule has 1 heterocycles. The summed E-state index contributed by atoms with van der Waals surface area (Å²) < 4.78 is 5.85. The van der Waals surface area contributed by atoms with Gasteiger partial charge in [0.1, 0.15) is 22.9 Å². The number of aromatic nitrogens is 3. The number of para-hydroxylation sites is 1. The van der Waals surface area contributed by atoms with E-state index in [1.54, 1.807) is 4.80 Å². The minimum absolute atomic E-state index is 0.792. The number of hydrogen-bond acceptors (Lipinski definition) is 3. The van der Waals surface area contributed by atoms with Crippen LogP contribution < -0.4 is 4.74 Å². The van der Waals surface area contributed by atoms with Crippen molar-refractivity contribution in [3.8, 4) is 34.0 Å². The average molecular weight is 327 g/mol. The van der Waals surface area contributed by atoms with Gasteiger partial charge in [-0.3, -0.25) is 0 Å². The van der Waals surface area contributed by atoms with Crippen LogP contribution in [0.2, 0.25) is 0 Å². The van der Waals surface area contributed by atoms with Crippen LogP contribution in [-0.4, -0.2) is 15.0 Å². The third kappa shape index (κ3) is 3.28. The lowest BCUT2D eigenvalue weighted by atomic mass is 10.1. The van der Waals surface area contributed by atoms with E-state index in [1.807, 2.05) is 92.0 Å². The molecule has 0 unspecified atom stereocenters. The maximum absolute atomic E-state index is 5.85. The largest absolute Gasteiger partial charge is 0.457 e. The van der Waals surface area contributed by atoms with E-state index in [-0.39, 0.29) is 0 Å². The van der Waals surface area contributed by atoms with Crippen molar-refractivity contribution < 1.29 is 4.74 Å². The highest BCUT2D eigenvalue weighted by atomic mass is 16.5. The third-order valence-electron chi connectivity index (χ3n) is 3.87. The van der Waals surface area contributed by atoms with Gasteiger partial charge in [0.2, 0.25) is 0 Å². The van der Waals surface area contributed by atoms with Crippen LogP contribution >= 0.6 is 0 Å². The Morgan fingerprint density at radius 1 is 0.600 bits per heavy atom. The van der Waals surface area contributed by atoms with Crippen molar-refractivity contribution in [2.24, 2.45) is 7.05 Å². The Labute approximate surface area is 146 Å². The molecule has 0 bridgehead atoms. The molecule has 0 aliphatic heterocycles. The standard InChI is InChI=1S/C21H17N3O/c1-24-22-20(16-8-4-2-5-9-16)21(23-24)17-12-14-19(15-13-17)25-18-10-6-3-7-11-18/h2-15H,1H3. The molecule has 0 aliphatic rings. The van der Waals surface area contributed by atoms with Gasteiger partial charge in [-0.1, -0.05) is 48.5 Å². The Morgan fingerprint density at radius 3 is 1.68 bits per heavy atom. The van der Waals surface area contributed by atoms with Crippen molar-refractivity contribution in [2.75, 3.05) is 0 Å². The van der Waals surface area contributed by atoms with E-state index in [9.17, 15) is 0 Å². The van der Waals surface area contributed by atoms with Gasteiger partial charge in [0.05, 0.1) is 0 Å². The lowest BCUT2D eigenvalue weighted by molar-refractivity contribution is 0.483. The first-order valence-electron chi connectivity index (χ1n) is 8.10. The molecule has 0 N–H and O–H groups in total. The van der Waals surface area contributed by atoms with Gasteiger partial charge in [0.25, 0.3) is 0 Å². The van der Waals surface area contributed by atoms with Crippen LogP contribution in [0.25, 0.3) is 22.5 Å². The van der Waals surface area contributed by atoms with Gasteiger partial charge >= 0.3 is 0 Å². The van der Waals surface area contributed by atoms with Gasteiger partial charge in [-0.05, 0) is 36.4 Å². The van der Waals surface area contributed by atoms with Gasteiger partial charge in [-0.2, -0.15) is 15.0 Å². The SMILES string of the molecule is Cn1nc(-c2ccccc2)c(-c2ccc(Oc3ccccc3)cc2)n1. The average Bonchev–Trinajstić information content (AvgIpc) is 3.06. The summed E-state index contributed by atoms with van der Waals surface area (Å²) >= 11 is 0. The van der Waals surface area contributed by atoms with Gasteiger partial charge < -0.3 is 4.74 Å². The summed E-state index contributed by atoms with van der Waals surface area (Å²) in [7, 11) is 1.84. The van der Waals surface area contributed by atoms with Crippen molar-refractivity contribution in [3.63, 3.8) is 0 Å². The summed E-state index contributed by atoms with van der Waals surface area (Å²) in [5, 5.41) is 9.06. The van der Waals surface area contributed by atoms with Gasteiger partial charge in [-0.25, -0.2) is 0 Å². The summed E-state index contributed by atoms with van der Waals surface area (Å²) in [6, 6.07) is 27.8. The van der Waals surface area contributed by atoms with Crippen LogP contribution in [0.4, 0.5) is 0 Å². The molecule has 25 heavy (non-hydrogen) atoms. The van der Waals surface area contributed by atoms with Crippen LogP contribution in [0.1, 0.15) is 0 Å². The second-order valence-electron chi connectivity index (χ2n) is 5.69. The van der Waals surface area contributed by atoms with Gasteiger partial charge in [-0.15, -0.1) is 0 Å². The van der Waals surface area contributed by atoms with Crippen molar-refractivity contribution in [1.82, 2.24) is 15.0 Å². The van der Waals surface area contributed by atoms with Crippen LogP contribution in [-0.2, 0) is 7.05 Å². The highest BCUT2D eigenvalue weighted by molar-refractivity contribution is 5.77. The minimum atomic E-state index is 0.792. The lowest BCUT2D eigenvalue weighted by Gasteiger charge is -2.06. The fourth-order valence-electron chi connectivity index (χ4n) is 2.70.